The molecule has 0 aromatic heterocycles. The van der Waals surface area contributed by atoms with Crippen LogP contribution in [-0.2, 0) is 4.74 Å². The molecule has 23 heavy (non-hydrogen) atoms. The maximum atomic E-state index is 8.65. The maximum Gasteiger partial charge on any atom is 0.115 e. The van der Waals surface area contributed by atoms with Crippen molar-refractivity contribution in [3.05, 3.63) is 24.3 Å². The summed E-state index contributed by atoms with van der Waals surface area (Å²) in [6, 6.07) is 5.70. The van der Waals surface area contributed by atoms with Gasteiger partial charge in [-0.3, -0.25) is 0 Å². The largest absolute Gasteiger partial charge is 0.508 e. The van der Waals surface area contributed by atoms with Gasteiger partial charge >= 0.3 is 0 Å². The van der Waals surface area contributed by atoms with E-state index in [-0.39, 0.29) is 37.9 Å². The molecule has 1 rings (SSSR count). The van der Waals surface area contributed by atoms with E-state index in [1.54, 1.807) is 0 Å². The number of aliphatic hydroxyl groups is 4. The first kappa shape index (κ1) is 23.9. The van der Waals surface area contributed by atoms with Gasteiger partial charge in [0.15, 0.2) is 0 Å². The molecule has 0 amide bonds. The maximum absolute atomic E-state index is 8.65. The number of unbranched alkanes of at least 4 members (excludes halogenated alkanes) is 3. The quantitative estimate of drug-likeness (QED) is 0.288. The first-order valence-corrected chi connectivity index (χ1v) is 7.61. The molecule has 136 valence electrons. The molecule has 0 bridgehead atoms. The van der Waals surface area contributed by atoms with Crippen molar-refractivity contribution < 1.29 is 35.4 Å². The van der Waals surface area contributed by atoms with Crippen LogP contribution in [0.4, 0.5) is 0 Å². The van der Waals surface area contributed by atoms with E-state index in [0.29, 0.717) is 13.2 Å². The summed E-state index contributed by atoms with van der Waals surface area (Å²) in [7, 11) is 0. The molecule has 0 saturated heterocycles. The average Bonchev–Trinajstić information content (AvgIpc) is 2.56. The van der Waals surface area contributed by atoms with E-state index >= 15 is 0 Å². The van der Waals surface area contributed by atoms with Gasteiger partial charge in [0.1, 0.15) is 11.5 Å². The molecular weight excluding hydrogens is 304 g/mol. The van der Waals surface area contributed by atoms with Crippen molar-refractivity contribution in [1.29, 1.82) is 0 Å². The molecule has 0 aliphatic carbocycles. The third kappa shape index (κ3) is 23.0. The number of aromatic hydroxyl groups is 2. The zero-order valence-electron chi connectivity index (χ0n) is 13.5. The fraction of sp³-hybridized carbons (Fsp3) is 0.625. The SMILES string of the molecule is OCCCCCCO.OCCOCCO.Oc1ccc(O)cc1. The molecular formula is C16H30O7. The third-order valence-corrected chi connectivity index (χ3v) is 2.39. The fourth-order valence-corrected chi connectivity index (χ4v) is 1.26. The Morgan fingerprint density at radius 3 is 1.17 bits per heavy atom. The van der Waals surface area contributed by atoms with E-state index in [9.17, 15) is 0 Å². The second-order valence-electron chi connectivity index (χ2n) is 4.44. The van der Waals surface area contributed by atoms with E-state index in [1.165, 1.54) is 24.3 Å². The monoisotopic (exact) mass is 334 g/mol. The zero-order chi connectivity index (χ0) is 17.8. The Hall–Kier alpha value is -1.38. The third-order valence-electron chi connectivity index (χ3n) is 2.39. The van der Waals surface area contributed by atoms with Gasteiger partial charge < -0.3 is 35.4 Å². The highest BCUT2D eigenvalue weighted by Crippen LogP contribution is 2.13. The topological polar surface area (TPSA) is 131 Å². The molecule has 1 aromatic carbocycles. The van der Waals surface area contributed by atoms with Crippen molar-refractivity contribution >= 4 is 0 Å². The molecule has 0 heterocycles. The van der Waals surface area contributed by atoms with Gasteiger partial charge in [0.25, 0.3) is 0 Å². The summed E-state index contributed by atoms with van der Waals surface area (Å²) in [5.41, 5.74) is 0. The summed E-state index contributed by atoms with van der Waals surface area (Å²) in [5, 5.41) is 50.1. The molecule has 0 aliphatic heterocycles. The molecule has 7 heteroatoms. The highest BCUT2D eigenvalue weighted by molar-refractivity contribution is 5.28. The summed E-state index contributed by atoms with van der Waals surface area (Å²) in [4.78, 5) is 0. The van der Waals surface area contributed by atoms with Crippen LogP contribution in [0, 0.1) is 0 Å². The van der Waals surface area contributed by atoms with Crippen LogP contribution >= 0.6 is 0 Å². The normalized spacial score (nSPS) is 9.39. The number of benzene rings is 1. The highest BCUT2D eigenvalue weighted by atomic mass is 16.5. The van der Waals surface area contributed by atoms with Crippen molar-refractivity contribution in [3.8, 4) is 11.5 Å². The van der Waals surface area contributed by atoms with E-state index in [2.05, 4.69) is 4.74 Å². The molecule has 0 atom stereocenters. The predicted octanol–water partition coefficient (Wildman–Crippen LogP) is 0.617. The predicted molar refractivity (Wildman–Crippen MR) is 87.4 cm³/mol. The van der Waals surface area contributed by atoms with E-state index in [0.717, 1.165) is 25.7 Å². The van der Waals surface area contributed by atoms with Crippen molar-refractivity contribution in [2.45, 2.75) is 25.7 Å². The number of phenolic OH excluding ortho intramolecular Hbond substituents is 2. The van der Waals surface area contributed by atoms with Crippen molar-refractivity contribution in [1.82, 2.24) is 0 Å². The summed E-state index contributed by atoms with van der Waals surface area (Å²) in [5.74, 6) is 0.339. The van der Waals surface area contributed by atoms with Gasteiger partial charge in [0.2, 0.25) is 0 Å². The Kier molecular flexibility index (Phi) is 21.4. The van der Waals surface area contributed by atoms with Gasteiger partial charge in [-0.15, -0.1) is 0 Å². The lowest BCUT2D eigenvalue weighted by Crippen LogP contribution is -2.03. The lowest BCUT2D eigenvalue weighted by molar-refractivity contribution is 0.0650. The summed E-state index contributed by atoms with van der Waals surface area (Å²) >= 11 is 0. The highest BCUT2D eigenvalue weighted by Gasteiger charge is 1.85. The first-order valence-electron chi connectivity index (χ1n) is 7.61. The first-order chi connectivity index (χ1) is 11.1. The Morgan fingerprint density at radius 1 is 0.565 bits per heavy atom. The Balaban J connectivity index is 0. The minimum absolute atomic E-state index is 0.0278. The molecule has 7 nitrogen and oxygen atoms in total. The van der Waals surface area contributed by atoms with Gasteiger partial charge in [-0.05, 0) is 37.1 Å². The van der Waals surface area contributed by atoms with Crippen LogP contribution in [0.5, 0.6) is 11.5 Å². The van der Waals surface area contributed by atoms with Crippen LogP contribution in [0.25, 0.3) is 0 Å². The van der Waals surface area contributed by atoms with Gasteiger partial charge in [0.05, 0.1) is 26.4 Å². The van der Waals surface area contributed by atoms with Crippen LogP contribution in [0.1, 0.15) is 25.7 Å². The Morgan fingerprint density at radius 2 is 0.913 bits per heavy atom. The second-order valence-corrected chi connectivity index (χ2v) is 4.44. The van der Waals surface area contributed by atoms with Crippen LogP contribution < -0.4 is 0 Å². The van der Waals surface area contributed by atoms with Crippen molar-refractivity contribution in [2.75, 3.05) is 39.6 Å². The lowest BCUT2D eigenvalue weighted by Gasteiger charge is -1.94. The molecule has 0 saturated carbocycles. The van der Waals surface area contributed by atoms with E-state index in [4.69, 9.17) is 30.6 Å². The van der Waals surface area contributed by atoms with Crippen LogP contribution in [-0.4, -0.2) is 70.3 Å². The lowest BCUT2D eigenvalue weighted by atomic mass is 10.2. The molecule has 0 spiro atoms. The molecule has 0 radical (unpaired) electrons. The van der Waals surface area contributed by atoms with Gasteiger partial charge in [0, 0.05) is 13.2 Å². The second kappa shape index (κ2) is 20.6. The number of phenols is 2. The average molecular weight is 334 g/mol. The molecule has 0 aliphatic rings. The standard InChI is InChI=1S/C6H6O2.C6H14O2.C4H10O3/c7-5-1-2-6(8)4-3-5;7-5-3-1-2-4-6-8;5-1-3-7-4-2-6/h1-4,7-8H;7-8H,1-6H2;5-6H,1-4H2. The van der Waals surface area contributed by atoms with Crippen molar-refractivity contribution in [2.24, 2.45) is 0 Å². The Bertz CT molecular complexity index is 286. The number of rotatable bonds is 9. The van der Waals surface area contributed by atoms with Gasteiger partial charge in [-0.25, -0.2) is 0 Å². The summed E-state index contributed by atoms with van der Waals surface area (Å²) in [6.07, 6.45) is 3.83. The van der Waals surface area contributed by atoms with Crippen molar-refractivity contribution in [3.63, 3.8) is 0 Å². The molecule has 0 fully saturated rings. The number of hydrogen-bond donors (Lipinski definition) is 6. The van der Waals surface area contributed by atoms with Crippen LogP contribution in [0.15, 0.2) is 24.3 Å². The van der Waals surface area contributed by atoms with E-state index in [1.807, 2.05) is 0 Å². The minimum Gasteiger partial charge on any atom is -0.508 e. The molecule has 0 unspecified atom stereocenters. The number of hydrogen-bond acceptors (Lipinski definition) is 7. The van der Waals surface area contributed by atoms with Crippen LogP contribution in [0.3, 0.4) is 0 Å². The van der Waals surface area contributed by atoms with Crippen LogP contribution in [0.2, 0.25) is 0 Å². The van der Waals surface area contributed by atoms with Gasteiger partial charge in [-0.2, -0.15) is 0 Å². The smallest absolute Gasteiger partial charge is 0.115 e. The zero-order valence-corrected chi connectivity index (χ0v) is 13.5. The number of ether oxygens (including phenoxy) is 1. The minimum atomic E-state index is 0.0278. The fourth-order valence-electron chi connectivity index (χ4n) is 1.26. The van der Waals surface area contributed by atoms with Gasteiger partial charge in [-0.1, -0.05) is 12.8 Å². The number of aliphatic hydroxyl groups excluding tert-OH is 4. The Labute approximate surface area is 137 Å². The molecule has 6 N–H and O–H groups in total. The summed E-state index contributed by atoms with van der Waals surface area (Å²) < 4.78 is 4.63. The van der Waals surface area contributed by atoms with E-state index < -0.39 is 0 Å². The summed E-state index contributed by atoms with van der Waals surface area (Å²) in [6.45, 7) is 1.26. The molecule has 1 aromatic rings.